The molecular weight excluding hydrogens is 571 g/mol. The lowest BCUT2D eigenvalue weighted by Crippen LogP contribution is -2.61. The standard InChI is InChI=1S/C32H28F3N7O2/c1-2-3-14-37-27(36)29-41-40-28-24-16-23(19-7-5-4-6-8-19)26(38-25(24)13-15-42(28)29)20-9-11-21(12-10-20)31(17-22(43)18-31)39-30(44)32(33,34)35/h2-16,22,30,39,43-44H,1,17-18H2,(H2,36,37)/b14-3-. The number of benzene rings is 2. The van der Waals surface area contributed by atoms with Gasteiger partial charge in [-0.25, -0.2) is 9.98 Å². The molecule has 3 heterocycles. The van der Waals surface area contributed by atoms with Gasteiger partial charge in [-0.1, -0.05) is 67.3 Å². The molecule has 6 rings (SSSR count). The number of aliphatic imine (C=N–C) groups is 1. The highest BCUT2D eigenvalue weighted by atomic mass is 19.4. The maximum Gasteiger partial charge on any atom is 0.427 e. The summed E-state index contributed by atoms with van der Waals surface area (Å²) in [5.41, 5.74) is 9.74. The van der Waals surface area contributed by atoms with Gasteiger partial charge in [0, 0.05) is 28.9 Å². The molecule has 44 heavy (non-hydrogen) atoms. The molecule has 3 aromatic heterocycles. The fourth-order valence-electron chi connectivity index (χ4n) is 5.54. The highest BCUT2D eigenvalue weighted by molar-refractivity contribution is 6.01. The number of aromatic nitrogens is 4. The number of aliphatic hydroxyl groups excluding tert-OH is 2. The summed E-state index contributed by atoms with van der Waals surface area (Å²) in [5.74, 6) is 0.549. The number of allylic oxidation sites excluding steroid dienone is 2. The Hall–Kier alpha value is -4.91. The first kappa shape index (κ1) is 29.2. The minimum atomic E-state index is -4.84. The van der Waals surface area contributed by atoms with E-state index in [9.17, 15) is 23.4 Å². The van der Waals surface area contributed by atoms with Gasteiger partial charge in [0.15, 0.2) is 11.5 Å². The van der Waals surface area contributed by atoms with Crippen molar-refractivity contribution in [1.82, 2.24) is 24.9 Å². The van der Waals surface area contributed by atoms with Crippen LogP contribution in [0.15, 0.2) is 103 Å². The molecule has 1 unspecified atom stereocenters. The minimum Gasteiger partial charge on any atom is -0.393 e. The highest BCUT2D eigenvalue weighted by Gasteiger charge is 2.50. The zero-order valence-electron chi connectivity index (χ0n) is 23.3. The molecule has 1 saturated carbocycles. The summed E-state index contributed by atoms with van der Waals surface area (Å²) in [6, 6.07) is 20.4. The van der Waals surface area contributed by atoms with Gasteiger partial charge in [0.05, 0.1) is 22.9 Å². The van der Waals surface area contributed by atoms with E-state index < -0.39 is 24.0 Å². The number of fused-ring (bicyclic) bond motifs is 3. The van der Waals surface area contributed by atoms with E-state index >= 15 is 0 Å². The van der Waals surface area contributed by atoms with E-state index in [1.165, 1.54) is 6.20 Å². The number of alkyl halides is 3. The Labute approximate surface area is 249 Å². The third-order valence-electron chi connectivity index (χ3n) is 7.72. The predicted octanol–water partition coefficient (Wildman–Crippen LogP) is 4.84. The molecule has 0 saturated heterocycles. The molecule has 5 aromatic rings. The molecule has 5 N–H and O–H groups in total. The Balaban J connectivity index is 1.44. The van der Waals surface area contributed by atoms with E-state index in [1.54, 1.807) is 47.0 Å². The smallest absolute Gasteiger partial charge is 0.393 e. The predicted molar refractivity (Wildman–Crippen MR) is 161 cm³/mol. The van der Waals surface area contributed by atoms with Gasteiger partial charge >= 0.3 is 6.18 Å². The molecule has 0 amide bonds. The summed E-state index contributed by atoms with van der Waals surface area (Å²) in [6.07, 6.45) is -1.75. The van der Waals surface area contributed by atoms with Crippen LogP contribution in [0, 0.1) is 0 Å². The second-order valence-electron chi connectivity index (χ2n) is 10.6. The SMILES string of the molecule is C=C/C=C\N=C(N)c1nnc2c3cc(-c4ccccc4)c(-c4ccc(C5(NC(O)C(F)(F)F)CC(O)C5)cc4)nc3ccn12. The van der Waals surface area contributed by atoms with Gasteiger partial charge < -0.3 is 15.9 Å². The molecule has 0 radical (unpaired) electrons. The van der Waals surface area contributed by atoms with Crippen LogP contribution in [0.3, 0.4) is 0 Å². The molecule has 0 aliphatic heterocycles. The second kappa shape index (κ2) is 11.3. The van der Waals surface area contributed by atoms with Crippen molar-refractivity contribution in [2.45, 2.75) is 36.9 Å². The Morgan fingerprint density at radius 3 is 2.48 bits per heavy atom. The Bertz CT molecular complexity index is 1900. The van der Waals surface area contributed by atoms with Crippen LogP contribution in [0.2, 0.25) is 0 Å². The van der Waals surface area contributed by atoms with Gasteiger partial charge in [-0.2, -0.15) is 13.2 Å². The van der Waals surface area contributed by atoms with Crippen molar-refractivity contribution >= 4 is 22.4 Å². The number of nitrogens with one attached hydrogen (secondary N) is 1. The average Bonchev–Trinajstić information content (AvgIpc) is 3.44. The zero-order chi connectivity index (χ0) is 31.1. The normalized spacial score (nSPS) is 19.8. The first-order valence-electron chi connectivity index (χ1n) is 13.8. The second-order valence-corrected chi connectivity index (χ2v) is 10.6. The Morgan fingerprint density at radius 2 is 1.82 bits per heavy atom. The largest absolute Gasteiger partial charge is 0.427 e. The molecule has 12 heteroatoms. The molecular formula is C32H28F3N7O2. The number of rotatable bonds is 8. The van der Waals surface area contributed by atoms with Crippen LogP contribution < -0.4 is 11.1 Å². The monoisotopic (exact) mass is 599 g/mol. The maximum absolute atomic E-state index is 13.2. The molecule has 9 nitrogen and oxygen atoms in total. The summed E-state index contributed by atoms with van der Waals surface area (Å²) in [4.78, 5) is 9.18. The van der Waals surface area contributed by atoms with E-state index in [2.05, 4.69) is 27.1 Å². The van der Waals surface area contributed by atoms with E-state index in [0.29, 0.717) is 28.2 Å². The van der Waals surface area contributed by atoms with E-state index in [1.807, 2.05) is 42.5 Å². The van der Waals surface area contributed by atoms with E-state index in [0.717, 1.165) is 22.1 Å². The topological polar surface area (TPSA) is 134 Å². The molecule has 0 spiro atoms. The van der Waals surface area contributed by atoms with Crippen molar-refractivity contribution in [1.29, 1.82) is 0 Å². The van der Waals surface area contributed by atoms with Crippen molar-refractivity contribution in [3.63, 3.8) is 0 Å². The van der Waals surface area contributed by atoms with Gasteiger partial charge in [0.1, 0.15) is 0 Å². The number of aliphatic hydroxyl groups is 2. The number of nitrogens with two attached hydrogens (primary N) is 1. The quantitative estimate of drug-likeness (QED) is 0.0868. The first-order chi connectivity index (χ1) is 21.1. The summed E-state index contributed by atoms with van der Waals surface area (Å²) in [7, 11) is 0. The van der Waals surface area contributed by atoms with Gasteiger partial charge in [-0.3, -0.25) is 9.72 Å². The highest BCUT2D eigenvalue weighted by Crippen LogP contribution is 2.44. The van der Waals surface area contributed by atoms with Crippen molar-refractivity contribution in [3.8, 4) is 22.4 Å². The molecule has 1 aliphatic carbocycles. The van der Waals surface area contributed by atoms with Crippen molar-refractivity contribution < 1.29 is 23.4 Å². The van der Waals surface area contributed by atoms with Crippen LogP contribution in [0.4, 0.5) is 13.2 Å². The lowest BCUT2D eigenvalue weighted by atomic mass is 9.69. The van der Waals surface area contributed by atoms with Crippen molar-refractivity contribution in [2.24, 2.45) is 10.7 Å². The Kier molecular flexibility index (Phi) is 7.49. The molecule has 0 bridgehead atoms. The summed E-state index contributed by atoms with van der Waals surface area (Å²) < 4.78 is 41.2. The number of amidine groups is 1. The van der Waals surface area contributed by atoms with Crippen molar-refractivity contribution in [3.05, 3.63) is 109 Å². The lowest BCUT2D eigenvalue weighted by Gasteiger charge is -2.48. The van der Waals surface area contributed by atoms with Crippen LogP contribution in [-0.4, -0.2) is 54.1 Å². The number of halogens is 3. The lowest BCUT2D eigenvalue weighted by molar-refractivity contribution is -0.226. The van der Waals surface area contributed by atoms with Crippen molar-refractivity contribution in [2.75, 3.05) is 0 Å². The summed E-state index contributed by atoms with van der Waals surface area (Å²) >= 11 is 0. The van der Waals surface area contributed by atoms with Crippen LogP contribution in [-0.2, 0) is 5.54 Å². The van der Waals surface area contributed by atoms with Gasteiger partial charge in [0.2, 0.25) is 12.1 Å². The van der Waals surface area contributed by atoms with Crippen LogP contribution >= 0.6 is 0 Å². The fourth-order valence-corrected chi connectivity index (χ4v) is 5.54. The molecule has 1 atom stereocenters. The van der Waals surface area contributed by atoms with Crippen LogP contribution in [0.1, 0.15) is 24.2 Å². The number of hydrogen-bond acceptors (Lipinski definition) is 7. The van der Waals surface area contributed by atoms with Gasteiger partial charge in [-0.05, 0) is 42.2 Å². The van der Waals surface area contributed by atoms with Crippen LogP contribution in [0.5, 0.6) is 0 Å². The molecule has 1 fully saturated rings. The van der Waals surface area contributed by atoms with Crippen LogP contribution in [0.25, 0.3) is 38.9 Å². The number of pyridine rings is 2. The number of nitrogens with zero attached hydrogens (tertiary/aromatic N) is 5. The number of hydrogen-bond donors (Lipinski definition) is 4. The third kappa shape index (κ3) is 5.34. The van der Waals surface area contributed by atoms with Gasteiger partial charge in [-0.15, -0.1) is 10.2 Å². The maximum atomic E-state index is 13.2. The van der Waals surface area contributed by atoms with Gasteiger partial charge in [0.25, 0.3) is 0 Å². The average molecular weight is 600 g/mol. The first-order valence-corrected chi connectivity index (χ1v) is 13.8. The minimum absolute atomic E-state index is 0.0408. The molecule has 1 aliphatic rings. The third-order valence-corrected chi connectivity index (χ3v) is 7.72. The summed E-state index contributed by atoms with van der Waals surface area (Å²) in [6.45, 7) is 3.61. The Morgan fingerprint density at radius 1 is 1.09 bits per heavy atom. The molecule has 2 aromatic carbocycles. The van der Waals surface area contributed by atoms with E-state index in [4.69, 9.17) is 10.7 Å². The fraction of sp³-hybridized carbons (Fsp3) is 0.188. The zero-order valence-corrected chi connectivity index (χ0v) is 23.3. The van der Waals surface area contributed by atoms with E-state index in [-0.39, 0.29) is 18.7 Å². The summed E-state index contributed by atoms with van der Waals surface area (Å²) in [5, 5.41) is 31.3. The molecule has 224 valence electrons.